The van der Waals surface area contributed by atoms with Crippen LogP contribution < -0.4 is 11.1 Å². The molecule has 1 amide bonds. The van der Waals surface area contributed by atoms with E-state index in [9.17, 15) is 24.5 Å². The number of hydrogen-bond donors (Lipinski definition) is 5. The van der Waals surface area contributed by atoms with Crippen molar-refractivity contribution in [3.8, 4) is 0 Å². The van der Waals surface area contributed by atoms with Crippen molar-refractivity contribution in [1.82, 2.24) is 5.32 Å². The van der Waals surface area contributed by atoms with E-state index in [0.717, 1.165) is 25.7 Å². The highest BCUT2D eigenvalue weighted by Gasteiger charge is 2.27. The summed E-state index contributed by atoms with van der Waals surface area (Å²) in [4.78, 5) is 22.5. The molecular formula is C34H65N2O7P. The molecular weight excluding hydrogens is 579 g/mol. The highest BCUT2D eigenvalue weighted by Crippen LogP contribution is 2.43. The second-order valence-corrected chi connectivity index (χ2v) is 13.0. The largest absolute Gasteiger partial charge is 0.472 e. The van der Waals surface area contributed by atoms with Crippen LogP contribution in [-0.4, -0.2) is 59.0 Å². The molecule has 0 spiro atoms. The summed E-state index contributed by atoms with van der Waals surface area (Å²) in [5.41, 5.74) is 5.32. The Balaban J connectivity index is 4.60. The maximum atomic E-state index is 12.6. The van der Waals surface area contributed by atoms with E-state index < -0.39 is 38.6 Å². The van der Waals surface area contributed by atoms with Crippen LogP contribution in [0.2, 0.25) is 0 Å². The van der Waals surface area contributed by atoms with Gasteiger partial charge in [0.25, 0.3) is 0 Å². The molecule has 10 heteroatoms. The van der Waals surface area contributed by atoms with Gasteiger partial charge in [-0.25, -0.2) is 4.57 Å². The Kier molecular flexibility index (Phi) is 29.4. The Morgan fingerprint density at radius 1 is 0.773 bits per heavy atom. The number of aliphatic hydroxyl groups excluding tert-OH is 2. The fourth-order valence-corrected chi connectivity index (χ4v) is 5.36. The predicted molar refractivity (Wildman–Crippen MR) is 181 cm³/mol. The van der Waals surface area contributed by atoms with E-state index in [-0.39, 0.29) is 19.6 Å². The van der Waals surface area contributed by atoms with Gasteiger partial charge in [-0.2, -0.15) is 0 Å². The van der Waals surface area contributed by atoms with Gasteiger partial charge in [0.1, 0.15) is 0 Å². The molecule has 44 heavy (non-hydrogen) atoms. The number of rotatable bonds is 31. The lowest BCUT2D eigenvalue weighted by Gasteiger charge is -2.23. The zero-order chi connectivity index (χ0) is 32.7. The third-order valence-electron chi connectivity index (χ3n) is 7.24. The van der Waals surface area contributed by atoms with Crippen LogP contribution in [0.25, 0.3) is 0 Å². The van der Waals surface area contributed by atoms with Crippen molar-refractivity contribution in [3.63, 3.8) is 0 Å². The summed E-state index contributed by atoms with van der Waals surface area (Å²) in [6.07, 6.45) is 29.8. The zero-order valence-electron chi connectivity index (χ0n) is 27.8. The van der Waals surface area contributed by atoms with Crippen molar-refractivity contribution in [3.05, 3.63) is 36.5 Å². The highest BCUT2D eigenvalue weighted by molar-refractivity contribution is 7.47. The number of phosphoric acid groups is 1. The molecule has 0 bridgehead atoms. The third kappa shape index (κ3) is 28.2. The molecule has 0 aromatic heterocycles. The average Bonchev–Trinajstić information content (AvgIpc) is 2.99. The third-order valence-corrected chi connectivity index (χ3v) is 8.23. The van der Waals surface area contributed by atoms with Crippen LogP contribution in [0.5, 0.6) is 0 Å². The quantitative estimate of drug-likeness (QED) is 0.0297. The molecule has 0 radical (unpaired) electrons. The summed E-state index contributed by atoms with van der Waals surface area (Å²) >= 11 is 0. The Hall–Kier alpha value is -1.32. The Bertz CT molecular complexity index is 806. The van der Waals surface area contributed by atoms with Crippen LogP contribution in [0.1, 0.15) is 136 Å². The summed E-state index contributed by atoms with van der Waals surface area (Å²) in [7, 11) is -4.40. The van der Waals surface area contributed by atoms with E-state index >= 15 is 0 Å². The smallest absolute Gasteiger partial charge is 0.392 e. The summed E-state index contributed by atoms with van der Waals surface area (Å²) in [5.74, 6) is -0.495. The standard InChI is InChI=1S/C34H65N2O7P/c1-3-5-7-9-11-12-13-14-15-16-17-18-20-22-24-26-33(38)32(30-43-44(40,41)42-28-27-35)36-34(39)29-31(37)25-23-21-19-10-8-6-4-2/h17-18,21,23-24,26,31-33,37-38H,3-16,19-20,22,25,27-30,35H2,1-2H3,(H,36,39)(H,40,41)/b18-17+,23-21-,26-24+. The van der Waals surface area contributed by atoms with Crippen LogP contribution in [0, 0.1) is 0 Å². The minimum absolute atomic E-state index is 0.0398. The van der Waals surface area contributed by atoms with Crippen molar-refractivity contribution in [1.29, 1.82) is 0 Å². The number of carbonyl (C=O) groups is 1. The van der Waals surface area contributed by atoms with Crippen LogP contribution in [0.4, 0.5) is 0 Å². The van der Waals surface area contributed by atoms with Crippen molar-refractivity contribution in [2.45, 2.75) is 154 Å². The minimum Gasteiger partial charge on any atom is -0.392 e. The molecule has 0 aliphatic carbocycles. The van der Waals surface area contributed by atoms with E-state index in [0.29, 0.717) is 12.8 Å². The normalized spacial score (nSPS) is 15.7. The summed E-state index contributed by atoms with van der Waals surface area (Å²) in [6.45, 7) is 3.83. The van der Waals surface area contributed by atoms with Crippen molar-refractivity contribution < 1.29 is 33.5 Å². The number of unbranched alkanes of at least 4 members (excludes halogenated alkanes) is 14. The van der Waals surface area contributed by atoms with Gasteiger partial charge in [0.2, 0.25) is 5.91 Å². The molecule has 0 aromatic carbocycles. The van der Waals surface area contributed by atoms with E-state index in [1.54, 1.807) is 6.08 Å². The first-order chi connectivity index (χ1) is 21.3. The molecule has 258 valence electrons. The van der Waals surface area contributed by atoms with E-state index in [4.69, 9.17) is 14.8 Å². The highest BCUT2D eigenvalue weighted by atomic mass is 31.2. The van der Waals surface area contributed by atoms with Gasteiger partial charge in [-0.3, -0.25) is 13.8 Å². The molecule has 0 saturated heterocycles. The first kappa shape index (κ1) is 42.7. The summed E-state index contributed by atoms with van der Waals surface area (Å²) < 4.78 is 21.8. The second-order valence-electron chi connectivity index (χ2n) is 11.6. The van der Waals surface area contributed by atoms with E-state index in [1.165, 1.54) is 77.0 Å². The monoisotopic (exact) mass is 644 g/mol. The van der Waals surface area contributed by atoms with Gasteiger partial charge in [0.05, 0.1) is 37.9 Å². The van der Waals surface area contributed by atoms with Gasteiger partial charge in [-0.05, 0) is 44.9 Å². The number of allylic oxidation sites excluding steroid dienone is 4. The lowest BCUT2D eigenvalue weighted by atomic mass is 10.1. The van der Waals surface area contributed by atoms with Crippen molar-refractivity contribution >= 4 is 13.7 Å². The van der Waals surface area contributed by atoms with Gasteiger partial charge in [-0.15, -0.1) is 0 Å². The SMILES string of the molecule is CCCCCC/C=C\CC(O)CC(=O)NC(COP(=O)(O)OCCN)C(O)/C=C/CC/C=C/CCCCCCCCCCC. The predicted octanol–water partition coefficient (Wildman–Crippen LogP) is 7.41. The molecule has 0 aliphatic rings. The Labute approximate surface area is 268 Å². The second kappa shape index (κ2) is 30.3. The van der Waals surface area contributed by atoms with E-state index in [1.807, 2.05) is 18.2 Å². The molecule has 0 heterocycles. The van der Waals surface area contributed by atoms with Crippen LogP contribution in [0.15, 0.2) is 36.5 Å². The topological polar surface area (TPSA) is 151 Å². The molecule has 0 fully saturated rings. The van der Waals surface area contributed by atoms with Gasteiger partial charge in [0.15, 0.2) is 0 Å². The molecule has 0 aromatic rings. The van der Waals surface area contributed by atoms with E-state index in [2.05, 4.69) is 31.3 Å². The molecule has 0 rings (SSSR count). The number of aliphatic hydroxyl groups is 2. The Morgan fingerprint density at radius 3 is 1.91 bits per heavy atom. The number of carbonyl (C=O) groups excluding carboxylic acids is 1. The first-order valence-corrected chi connectivity index (χ1v) is 18.7. The molecule has 9 nitrogen and oxygen atoms in total. The van der Waals surface area contributed by atoms with Gasteiger partial charge in [-0.1, -0.05) is 121 Å². The fourth-order valence-electron chi connectivity index (χ4n) is 4.60. The molecule has 4 atom stereocenters. The van der Waals surface area contributed by atoms with Crippen molar-refractivity contribution in [2.75, 3.05) is 19.8 Å². The number of nitrogens with one attached hydrogen (secondary N) is 1. The molecule has 6 N–H and O–H groups in total. The van der Waals surface area contributed by atoms with Crippen molar-refractivity contribution in [2.24, 2.45) is 5.73 Å². The zero-order valence-corrected chi connectivity index (χ0v) is 28.6. The number of nitrogens with two attached hydrogens (primary N) is 1. The maximum Gasteiger partial charge on any atom is 0.472 e. The van der Waals surface area contributed by atoms with Crippen LogP contribution >= 0.6 is 7.82 Å². The summed E-state index contributed by atoms with van der Waals surface area (Å²) in [5, 5.41) is 23.6. The number of phosphoric ester groups is 1. The lowest BCUT2D eigenvalue weighted by molar-refractivity contribution is -0.124. The van der Waals surface area contributed by atoms with Crippen LogP contribution in [0.3, 0.4) is 0 Å². The van der Waals surface area contributed by atoms with Gasteiger partial charge in [0, 0.05) is 6.54 Å². The molecule has 4 unspecified atom stereocenters. The first-order valence-electron chi connectivity index (χ1n) is 17.2. The fraction of sp³-hybridized carbons (Fsp3) is 0.794. The van der Waals surface area contributed by atoms with Gasteiger partial charge < -0.3 is 26.2 Å². The number of amides is 1. The summed E-state index contributed by atoms with van der Waals surface area (Å²) in [6, 6.07) is -1.01. The number of hydrogen-bond acceptors (Lipinski definition) is 7. The molecule has 0 saturated carbocycles. The molecule has 0 aliphatic heterocycles. The lowest BCUT2D eigenvalue weighted by Crippen LogP contribution is -2.46. The van der Waals surface area contributed by atoms with Gasteiger partial charge >= 0.3 is 7.82 Å². The van der Waals surface area contributed by atoms with Crippen LogP contribution in [-0.2, 0) is 18.4 Å². The Morgan fingerprint density at radius 2 is 1.30 bits per heavy atom. The maximum absolute atomic E-state index is 12.6. The average molecular weight is 645 g/mol. The minimum atomic E-state index is -4.40.